The lowest BCUT2D eigenvalue weighted by Gasteiger charge is -2.19. The lowest BCUT2D eigenvalue weighted by Crippen LogP contribution is -2.11. The number of allylic oxidation sites excluding steroid dienone is 3. The molecule has 3 N–H and O–H groups in total. The maximum atomic E-state index is 4.62. The van der Waals surface area contributed by atoms with E-state index >= 15 is 0 Å². The minimum absolute atomic E-state index is 0.104. The first-order valence-corrected chi connectivity index (χ1v) is 11.4. The van der Waals surface area contributed by atoms with Crippen LogP contribution in [0.3, 0.4) is 0 Å². The van der Waals surface area contributed by atoms with Crippen LogP contribution in [0.5, 0.6) is 0 Å². The molecule has 0 bridgehead atoms. The number of nitrogens with zero attached hydrogens (tertiary/aromatic N) is 3. The van der Waals surface area contributed by atoms with E-state index in [-0.39, 0.29) is 5.41 Å². The van der Waals surface area contributed by atoms with Gasteiger partial charge < -0.3 is 16.0 Å². The van der Waals surface area contributed by atoms with Gasteiger partial charge in [-0.05, 0) is 73.6 Å². The van der Waals surface area contributed by atoms with Crippen molar-refractivity contribution >= 4 is 29.2 Å². The Hall–Kier alpha value is -3.67. The zero-order valence-electron chi connectivity index (χ0n) is 20.0. The van der Waals surface area contributed by atoms with E-state index in [2.05, 4.69) is 114 Å². The van der Waals surface area contributed by atoms with Crippen molar-refractivity contribution in [2.24, 2.45) is 0 Å². The SMILES string of the molecule is CC1=CC(Nc2nc(Nc3ccc(C(C)(C)C)cc3)nc(Nc3cccc(C)c3)n2)=CCC1. The van der Waals surface area contributed by atoms with Gasteiger partial charge in [0.25, 0.3) is 0 Å². The molecule has 0 fully saturated rings. The van der Waals surface area contributed by atoms with Gasteiger partial charge in [-0.15, -0.1) is 0 Å². The minimum atomic E-state index is 0.104. The summed E-state index contributed by atoms with van der Waals surface area (Å²) in [6.07, 6.45) is 6.40. The average Bonchev–Trinajstić information content (AvgIpc) is 2.73. The van der Waals surface area contributed by atoms with E-state index in [0.717, 1.165) is 35.5 Å². The Balaban J connectivity index is 1.62. The summed E-state index contributed by atoms with van der Waals surface area (Å²) in [7, 11) is 0. The van der Waals surface area contributed by atoms with Crippen LogP contribution in [-0.4, -0.2) is 15.0 Å². The lowest BCUT2D eigenvalue weighted by molar-refractivity contribution is 0.590. The highest BCUT2D eigenvalue weighted by Gasteiger charge is 2.14. The number of nitrogens with one attached hydrogen (secondary N) is 3. The summed E-state index contributed by atoms with van der Waals surface area (Å²) in [6, 6.07) is 16.5. The predicted molar refractivity (Wildman–Crippen MR) is 137 cm³/mol. The van der Waals surface area contributed by atoms with Gasteiger partial charge in [0.15, 0.2) is 0 Å². The standard InChI is InChI=1S/C27H32N6/c1-18-8-6-10-22(16-18)29-25-31-24(28-21-14-12-20(13-15-21)27(3,4)5)32-26(33-25)30-23-11-7-9-19(2)17-23/h6,8,10-17H,7,9H2,1-5H3,(H3,28,29,30,31,32,33). The zero-order valence-corrected chi connectivity index (χ0v) is 20.0. The molecule has 4 rings (SSSR count). The van der Waals surface area contributed by atoms with Gasteiger partial charge in [0.1, 0.15) is 0 Å². The molecule has 33 heavy (non-hydrogen) atoms. The van der Waals surface area contributed by atoms with E-state index in [1.807, 2.05) is 12.1 Å². The predicted octanol–water partition coefficient (Wildman–Crippen LogP) is 7.00. The zero-order chi connectivity index (χ0) is 23.4. The normalized spacial score (nSPS) is 13.7. The maximum Gasteiger partial charge on any atom is 0.233 e. The molecule has 0 atom stereocenters. The molecule has 1 aromatic heterocycles. The molecule has 1 aliphatic carbocycles. The largest absolute Gasteiger partial charge is 0.324 e. The summed E-state index contributed by atoms with van der Waals surface area (Å²) in [5.41, 5.74) is 6.75. The third-order valence-electron chi connectivity index (χ3n) is 5.48. The Kier molecular flexibility index (Phi) is 6.45. The van der Waals surface area contributed by atoms with Gasteiger partial charge in [0.2, 0.25) is 17.8 Å². The first kappa shape index (κ1) is 22.5. The maximum absolute atomic E-state index is 4.62. The van der Waals surface area contributed by atoms with Crippen molar-refractivity contribution in [3.05, 3.63) is 83.1 Å². The lowest BCUT2D eigenvalue weighted by atomic mass is 9.87. The fourth-order valence-electron chi connectivity index (χ4n) is 3.65. The number of hydrogen-bond donors (Lipinski definition) is 3. The molecular weight excluding hydrogens is 408 g/mol. The monoisotopic (exact) mass is 440 g/mol. The molecule has 1 aliphatic rings. The van der Waals surface area contributed by atoms with E-state index < -0.39 is 0 Å². The van der Waals surface area contributed by atoms with Crippen molar-refractivity contribution in [2.75, 3.05) is 16.0 Å². The fourth-order valence-corrected chi connectivity index (χ4v) is 3.65. The minimum Gasteiger partial charge on any atom is -0.324 e. The number of aromatic nitrogens is 3. The molecule has 1 heterocycles. The second-order valence-corrected chi connectivity index (χ2v) is 9.57. The third kappa shape index (κ3) is 6.19. The summed E-state index contributed by atoms with van der Waals surface area (Å²) in [5, 5.41) is 9.99. The Morgan fingerprint density at radius 1 is 0.758 bits per heavy atom. The molecule has 6 nitrogen and oxygen atoms in total. The quantitative estimate of drug-likeness (QED) is 0.383. The van der Waals surface area contributed by atoms with Crippen molar-refractivity contribution in [1.82, 2.24) is 15.0 Å². The smallest absolute Gasteiger partial charge is 0.233 e. The highest BCUT2D eigenvalue weighted by molar-refractivity contribution is 5.60. The van der Waals surface area contributed by atoms with Crippen LogP contribution in [0.4, 0.5) is 29.2 Å². The van der Waals surface area contributed by atoms with Crippen LogP contribution in [0, 0.1) is 6.92 Å². The van der Waals surface area contributed by atoms with Crippen LogP contribution in [0.15, 0.2) is 72.0 Å². The van der Waals surface area contributed by atoms with Crippen LogP contribution < -0.4 is 16.0 Å². The van der Waals surface area contributed by atoms with Gasteiger partial charge in [-0.2, -0.15) is 15.0 Å². The van der Waals surface area contributed by atoms with Gasteiger partial charge >= 0.3 is 0 Å². The summed E-state index contributed by atoms with van der Waals surface area (Å²) in [4.78, 5) is 13.8. The molecule has 0 radical (unpaired) electrons. The third-order valence-corrected chi connectivity index (χ3v) is 5.48. The summed E-state index contributed by atoms with van der Waals surface area (Å²) in [5.74, 6) is 1.44. The second kappa shape index (κ2) is 9.45. The van der Waals surface area contributed by atoms with E-state index in [4.69, 9.17) is 0 Å². The first-order valence-electron chi connectivity index (χ1n) is 11.4. The highest BCUT2D eigenvalue weighted by Crippen LogP contribution is 2.25. The van der Waals surface area contributed by atoms with Gasteiger partial charge in [-0.3, -0.25) is 0 Å². The molecule has 6 heteroatoms. The molecule has 0 amide bonds. The summed E-state index contributed by atoms with van der Waals surface area (Å²) < 4.78 is 0. The van der Waals surface area contributed by atoms with Crippen molar-refractivity contribution in [3.8, 4) is 0 Å². The van der Waals surface area contributed by atoms with Gasteiger partial charge in [0, 0.05) is 17.1 Å². The van der Waals surface area contributed by atoms with Crippen molar-refractivity contribution in [1.29, 1.82) is 0 Å². The first-order chi connectivity index (χ1) is 15.7. The van der Waals surface area contributed by atoms with Crippen LogP contribution in [0.1, 0.15) is 51.7 Å². The molecule has 0 saturated carbocycles. The molecule has 0 aliphatic heterocycles. The highest BCUT2D eigenvalue weighted by atomic mass is 15.3. The van der Waals surface area contributed by atoms with Crippen LogP contribution in [0.2, 0.25) is 0 Å². The van der Waals surface area contributed by atoms with Crippen molar-refractivity contribution in [3.63, 3.8) is 0 Å². The van der Waals surface area contributed by atoms with Crippen LogP contribution >= 0.6 is 0 Å². The molecule has 170 valence electrons. The number of benzene rings is 2. The number of hydrogen-bond acceptors (Lipinski definition) is 6. The summed E-state index contributed by atoms with van der Waals surface area (Å²) >= 11 is 0. The average molecular weight is 441 g/mol. The van der Waals surface area contributed by atoms with E-state index in [9.17, 15) is 0 Å². The Morgan fingerprint density at radius 3 is 2.00 bits per heavy atom. The molecular formula is C27H32N6. The van der Waals surface area contributed by atoms with Gasteiger partial charge in [0.05, 0.1) is 0 Å². The number of anilines is 5. The van der Waals surface area contributed by atoms with Gasteiger partial charge in [-0.25, -0.2) is 0 Å². The number of rotatable bonds is 6. The molecule has 0 saturated heterocycles. The van der Waals surface area contributed by atoms with E-state index in [1.165, 1.54) is 11.1 Å². The van der Waals surface area contributed by atoms with E-state index in [0.29, 0.717) is 17.8 Å². The second-order valence-electron chi connectivity index (χ2n) is 9.57. The van der Waals surface area contributed by atoms with Crippen LogP contribution in [-0.2, 0) is 5.41 Å². The van der Waals surface area contributed by atoms with Crippen molar-refractivity contribution < 1.29 is 0 Å². The molecule has 3 aromatic rings. The van der Waals surface area contributed by atoms with Gasteiger partial charge in [-0.1, -0.05) is 56.7 Å². The Labute approximate surface area is 196 Å². The van der Waals surface area contributed by atoms with E-state index in [1.54, 1.807) is 0 Å². The Morgan fingerprint density at radius 2 is 1.39 bits per heavy atom. The van der Waals surface area contributed by atoms with Crippen LogP contribution in [0.25, 0.3) is 0 Å². The van der Waals surface area contributed by atoms with Crippen molar-refractivity contribution in [2.45, 2.75) is 52.9 Å². The molecule has 2 aromatic carbocycles. The molecule has 0 spiro atoms. The fraction of sp³-hybridized carbons (Fsp3) is 0.296. The molecule has 0 unspecified atom stereocenters. The number of aryl methyl sites for hydroxylation is 1. The Bertz CT molecular complexity index is 1190. The topological polar surface area (TPSA) is 74.8 Å². The summed E-state index contributed by atoms with van der Waals surface area (Å²) in [6.45, 7) is 10.8.